The highest BCUT2D eigenvalue weighted by Crippen LogP contribution is 2.35. The predicted octanol–water partition coefficient (Wildman–Crippen LogP) is 4.18. The van der Waals surface area contributed by atoms with Crippen LogP contribution in [0.2, 0.25) is 0 Å². The molecule has 0 fully saturated rings. The fourth-order valence-corrected chi connectivity index (χ4v) is 2.67. The Morgan fingerprint density at radius 3 is 2.09 bits per heavy atom. The molecule has 0 aliphatic carbocycles. The van der Waals surface area contributed by atoms with Gasteiger partial charge in [-0.05, 0) is 18.3 Å². The van der Waals surface area contributed by atoms with Gasteiger partial charge in [-0.25, -0.2) is 9.97 Å². The summed E-state index contributed by atoms with van der Waals surface area (Å²) in [6.45, 7) is 0. The summed E-state index contributed by atoms with van der Waals surface area (Å²) in [5, 5.41) is 12.1. The van der Waals surface area contributed by atoms with Crippen LogP contribution in [0.1, 0.15) is 13.0 Å². The average Bonchev–Trinajstić information content (AvgIpc) is 3.26. The van der Waals surface area contributed by atoms with Crippen molar-refractivity contribution in [3.63, 3.8) is 0 Å². The van der Waals surface area contributed by atoms with Crippen molar-refractivity contribution < 1.29 is 23.9 Å². The molecule has 0 aliphatic heterocycles. The summed E-state index contributed by atoms with van der Waals surface area (Å²) in [6, 6.07) is 1.93. The van der Waals surface area contributed by atoms with Crippen molar-refractivity contribution in [1.82, 2.24) is 19.9 Å². The minimum absolute atomic E-state index is 0. The van der Waals surface area contributed by atoms with Gasteiger partial charge in [-0.15, -0.1) is 12.4 Å². The molecular formula is C21H30ClN5O6. The van der Waals surface area contributed by atoms with Gasteiger partial charge in [-0.1, -0.05) is 7.43 Å². The number of methoxy groups -OCH3 is 4. The van der Waals surface area contributed by atoms with Gasteiger partial charge in [-0.2, -0.15) is 0 Å². The standard InChI is InChI=1S/C11H15N3O4.C9H10N2O2.CH4.ClH/c1-13(2)6-5-8-9(17-3)7-12-11(18-4)10(8)14(15)16;1-12-7-5-11-9(13-2)8-6(7)3-4-10-8;;/h5-7H,1-4H3;3-5,10H,1-2H3;1H4;1H/b6-5+;;;. The van der Waals surface area contributed by atoms with Gasteiger partial charge in [0.15, 0.2) is 5.75 Å². The van der Waals surface area contributed by atoms with Crippen LogP contribution < -0.4 is 18.9 Å². The molecule has 1 N–H and O–H groups in total. The van der Waals surface area contributed by atoms with E-state index in [9.17, 15) is 10.1 Å². The molecule has 12 heteroatoms. The summed E-state index contributed by atoms with van der Waals surface area (Å²) in [4.78, 5) is 23.3. The molecule has 0 atom stereocenters. The van der Waals surface area contributed by atoms with Crippen molar-refractivity contribution in [2.24, 2.45) is 0 Å². The lowest BCUT2D eigenvalue weighted by molar-refractivity contribution is -0.386. The van der Waals surface area contributed by atoms with E-state index >= 15 is 0 Å². The third-order valence-corrected chi connectivity index (χ3v) is 4.10. The molecular weight excluding hydrogens is 454 g/mol. The van der Waals surface area contributed by atoms with E-state index in [1.165, 1.54) is 20.4 Å². The van der Waals surface area contributed by atoms with Crippen LogP contribution >= 0.6 is 12.4 Å². The van der Waals surface area contributed by atoms with E-state index in [1.54, 1.807) is 37.6 Å². The number of H-pyrrole nitrogens is 1. The Kier molecular flexibility index (Phi) is 12.1. The van der Waals surface area contributed by atoms with Crippen molar-refractivity contribution in [3.8, 4) is 23.3 Å². The van der Waals surface area contributed by atoms with E-state index in [-0.39, 0.29) is 31.4 Å². The highest BCUT2D eigenvalue weighted by atomic mass is 35.5. The highest BCUT2D eigenvalue weighted by molar-refractivity contribution is 5.89. The van der Waals surface area contributed by atoms with Crippen LogP contribution in [-0.4, -0.2) is 67.3 Å². The number of nitrogens with one attached hydrogen (secondary N) is 1. The van der Waals surface area contributed by atoms with Gasteiger partial charge in [0, 0.05) is 25.7 Å². The van der Waals surface area contributed by atoms with Crippen LogP contribution in [0.4, 0.5) is 5.69 Å². The quantitative estimate of drug-likeness (QED) is 0.389. The summed E-state index contributed by atoms with van der Waals surface area (Å²) < 4.78 is 20.2. The normalized spacial score (nSPS) is 9.76. The largest absolute Gasteiger partial charge is 0.494 e. The first-order valence-corrected chi connectivity index (χ1v) is 9.01. The van der Waals surface area contributed by atoms with Gasteiger partial charge in [0.05, 0.1) is 45.8 Å². The van der Waals surface area contributed by atoms with Crippen molar-refractivity contribution >= 4 is 35.1 Å². The Hall–Kier alpha value is -3.73. The number of nitro groups is 1. The van der Waals surface area contributed by atoms with Crippen LogP contribution in [0.3, 0.4) is 0 Å². The fourth-order valence-electron chi connectivity index (χ4n) is 2.67. The van der Waals surface area contributed by atoms with Gasteiger partial charge in [0.1, 0.15) is 16.8 Å². The molecule has 0 bridgehead atoms. The third kappa shape index (κ3) is 6.88. The number of rotatable bonds is 7. The molecule has 3 heterocycles. The number of pyridine rings is 2. The van der Waals surface area contributed by atoms with Crippen LogP contribution in [0.25, 0.3) is 17.0 Å². The molecule has 0 aliphatic rings. The SMILES string of the molecule is C.COc1cnc(OC)c([N+](=O)[O-])c1/C=C/N(C)C.COc1cnc(OC)c2[nH]ccc12.Cl. The number of ether oxygens (including phenoxy) is 4. The molecule has 0 unspecified atom stereocenters. The van der Waals surface area contributed by atoms with Crippen molar-refractivity contribution in [2.75, 3.05) is 42.5 Å². The molecule has 3 aromatic heterocycles. The lowest BCUT2D eigenvalue weighted by Crippen LogP contribution is -2.03. The summed E-state index contributed by atoms with van der Waals surface area (Å²) in [6.07, 6.45) is 8.14. The maximum Gasteiger partial charge on any atom is 0.341 e. The van der Waals surface area contributed by atoms with Crippen LogP contribution in [0, 0.1) is 10.1 Å². The molecule has 33 heavy (non-hydrogen) atoms. The van der Waals surface area contributed by atoms with E-state index in [1.807, 2.05) is 26.4 Å². The predicted molar refractivity (Wildman–Crippen MR) is 130 cm³/mol. The zero-order valence-electron chi connectivity index (χ0n) is 18.6. The van der Waals surface area contributed by atoms with Crippen molar-refractivity contribution in [1.29, 1.82) is 0 Å². The van der Waals surface area contributed by atoms with Crippen LogP contribution in [0.15, 0.2) is 30.9 Å². The number of halogens is 1. The fraction of sp³-hybridized carbons (Fsp3) is 0.333. The molecule has 0 spiro atoms. The number of fused-ring (bicyclic) bond motifs is 1. The first-order chi connectivity index (χ1) is 14.9. The minimum atomic E-state index is -0.538. The number of nitrogens with zero attached hydrogens (tertiary/aromatic N) is 4. The number of hydrogen-bond donors (Lipinski definition) is 1. The molecule has 11 nitrogen and oxygen atoms in total. The van der Waals surface area contributed by atoms with Crippen LogP contribution in [0.5, 0.6) is 23.3 Å². The zero-order chi connectivity index (χ0) is 23.0. The van der Waals surface area contributed by atoms with E-state index in [0.29, 0.717) is 17.2 Å². The second-order valence-electron chi connectivity index (χ2n) is 6.24. The average molecular weight is 484 g/mol. The van der Waals surface area contributed by atoms with Gasteiger partial charge < -0.3 is 28.8 Å². The highest BCUT2D eigenvalue weighted by Gasteiger charge is 2.24. The molecule has 3 aromatic rings. The summed E-state index contributed by atoms with van der Waals surface area (Å²) in [7, 11) is 9.60. The topological polar surface area (TPSA) is 125 Å². The zero-order valence-corrected chi connectivity index (χ0v) is 19.4. The van der Waals surface area contributed by atoms with Gasteiger partial charge in [0.25, 0.3) is 5.88 Å². The monoisotopic (exact) mass is 483 g/mol. The Labute approximate surface area is 198 Å². The van der Waals surface area contributed by atoms with Gasteiger partial charge >= 0.3 is 5.69 Å². The van der Waals surface area contributed by atoms with E-state index in [0.717, 1.165) is 16.7 Å². The summed E-state index contributed by atoms with van der Waals surface area (Å²) in [5.41, 5.74) is 0.972. The molecule has 0 aromatic carbocycles. The molecule has 182 valence electrons. The Bertz CT molecular complexity index is 1030. The second kappa shape index (κ2) is 13.6. The molecule has 0 saturated heterocycles. The Balaban J connectivity index is 0.000000608. The van der Waals surface area contributed by atoms with Crippen LogP contribution in [-0.2, 0) is 0 Å². The second-order valence-corrected chi connectivity index (χ2v) is 6.24. The maximum absolute atomic E-state index is 11.1. The van der Waals surface area contributed by atoms with Crippen molar-refractivity contribution in [2.45, 2.75) is 7.43 Å². The lowest BCUT2D eigenvalue weighted by atomic mass is 10.2. The first-order valence-electron chi connectivity index (χ1n) is 9.01. The maximum atomic E-state index is 11.1. The summed E-state index contributed by atoms with van der Waals surface area (Å²) >= 11 is 0. The van der Waals surface area contributed by atoms with E-state index in [2.05, 4.69) is 15.0 Å². The van der Waals surface area contributed by atoms with Crippen molar-refractivity contribution in [3.05, 3.63) is 46.5 Å². The summed E-state index contributed by atoms with van der Waals surface area (Å²) in [5.74, 6) is 1.61. The first kappa shape index (κ1) is 29.3. The van der Waals surface area contributed by atoms with Gasteiger partial charge in [0.2, 0.25) is 5.88 Å². The molecule has 3 rings (SSSR count). The minimum Gasteiger partial charge on any atom is -0.494 e. The lowest BCUT2D eigenvalue weighted by Gasteiger charge is -2.09. The van der Waals surface area contributed by atoms with E-state index < -0.39 is 4.92 Å². The van der Waals surface area contributed by atoms with Gasteiger partial charge in [-0.3, -0.25) is 10.1 Å². The van der Waals surface area contributed by atoms with E-state index in [4.69, 9.17) is 18.9 Å². The molecule has 0 saturated carbocycles. The number of hydrogen-bond acceptors (Lipinski definition) is 9. The third-order valence-electron chi connectivity index (χ3n) is 4.10. The Morgan fingerprint density at radius 1 is 1.00 bits per heavy atom. The number of aromatic nitrogens is 3. The molecule has 0 amide bonds. The Morgan fingerprint density at radius 2 is 1.58 bits per heavy atom. The molecule has 0 radical (unpaired) electrons. The number of aromatic amines is 1. The smallest absolute Gasteiger partial charge is 0.341 e.